The van der Waals surface area contributed by atoms with Gasteiger partial charge < -0.3 is 11.1 Å². The lowest BCUT2D eigenvalue weighted by atomic mass is 10.0. The van der Waals surface area contributed by atoms with Crippen LogP contribution in [0.1, 0.15) is 25.6 Å². The predicted molar refractivity (Wildman–Crippen MR) is 110 cm³/mol. The van der Waals surface area contributed by atoms with Gasteiger partial charge in [-0.15, -0.1) is 11.3 Å². The number of nitrogens with one attached hydrogen (secondary N) is 1. The zero-order chi connectivity index (χ0) is 18.0. The van der Waals surface area contributed by atoms with Crippen LogP contribution in [0, 0.1) is 10.5 Å². The number of carbonyl (C=O) groups excluding carboxylic acids is 2. The van der Waals surface area contributed by atoms with Crippen molar-refractivity contribution < 1.29 is 9.59 Å². The lowest BCUT2D eigenvalue weighted by Crippen LogP contribution is -2.17. The highest BCUT2D eigenvalue weighted by molar-refractivity contribution is 14.1. The second-order valence-corrected chi connectivity index (χ2v) is 7.90. The molecule has 0 radical (unpaired) electrons. The average molecular weight is 462 g/mol. The number of nitrogens with two attached hydrogens (primary N) is 1. The second kappa shape index (κ2) is 7.37. The quantitative estimate of drug-likeness (QED) is 0.553. The van der Waals surface area contributed by atoms with Gasteiger partial charge >= 0.3 is 0 Å². The van der Waals surface area contributed by atoms with Crippen LogP contribution in [0.25, 0.3) is 11.1 Å². The third kappa shape index (κ3) is 3.74. The molecule has 0 spiro atoms. The highest BCUT2D eigenvalue weighted by Crippen LogP contribution is 2.39. The third-order valence-corrected chi connectivity index (χ3v) is 5.47. The topological polar surface area (TPSA) is 72.2 Å². The molecular formula is C19H15IN2O2S. The van der Waals surface area contributed by atoms with Gasteiger partial charge in [0.25, 0.3) is 11.8 Å². The summed E-state index contributed by atoms with van der Waals surface area (Å²) < 4.78 is 1.05. The van der Waals surface area contributed by atoms with E-state index in [9.17, 15) is 9.59 Å². The molecule has 3 rings (SSSR count). The zero-order valence-electron chi connectivity index (χ0n) is 13.4. The summed E-state index contributed by atoms with van der Waals surface area (Å²) in [4.78, 5) is 25.5. The van der Waals surface area contributed by atoms with Gasteiger partial charge in [-0.25, -0.2) is 0 Å². The van der Waals surface area contributed by atoms with Crippen molar-refractivity contribution >= 4 is 50.7 Å². The first kappa shape index (κ1) is 17.6. The largest absolute Gasteiger partial charge is 0.365 e. The van der Waals surface area contributed by atoms with Crippen LogP contribution < -0.4 is 11.1 Å². The Morgan fingerprint density at radius 2 is 1.68 bits per heavy atom. The Morgan fingerprint density at radius 3 is 2.28 bits per heavy atom. The Kier molecular flexibility index (Phi) is 5.19. The van der Waals surface area contributed by atoms with Crippen molar-refractivity contribution in [2.45, 2.75) is 6.92 Å². The number of amides is 2. The standard InChI is InChI=1S/C19H15IN2O2S/c1-11-15(12-5-3-2-4-6-12)16(17(21)23)19(25-11)22-18(24)13-7-9-14(20)10-8-13/h2-10H,1H3,(H2,21,23)(H,22,24). The van der Waals surface area contributed by atoms with Gasteiger partial charge in [-0.1, -0.05) is 30.3 Å². The molecule has 3 N–H and O–H groups in total. The molecule has 126 valence electrons. The fraction of sp³-hybridized carbons (Fsp3) is 0.0526. The number of anilines is 1. The van der Waals surface area contributed by atoms with Crippen LogP contribution >= 0.6 is 33.9 Å². The van der Waals surface area contributed by atoms with Gasteiger partial charge in [0.05, 0.1) is 5.56 Å². The Balaban J connectivity index is 2.01. The monoisotopic (exact) mass is 462 g/mol. The number of aryl methyl sites for hydroxylation is 1. The molecule has 0 aliphatic carbocycles. The molecular weight excluding hydrogens is 447 g/mol. The molecule has 2 aromatic carbocycles. The summed E-state index contributed by atoms with van der Waals surface area (Å²) in [6.07, 6.45) is 0. The first-order valence-corrected chi connectivity index (χ1v) is 9.42. The fourth-order valence-corrected chi connectivity index (χ4v) is 4.03. The van der Waals surface area contributed by atoms with Crippen LogP contribution in [0.5, 0.6) is 0 Å². The highest BCUT2D eigenvalue weighted by Gasteiger charge is 2.23. The van der Waals surface area contributed by atoms with Gasteiger partial charge in [-0.05, 0) is 59.3 Å². The average Bonchev–Trinajstić information content (AvgIpc) is 2.92. The van der Waals surface area contributed by atoms with Gasteiger partial charge in [-0.3, -0.25) is 9.59 Å². The first-order valence-electron chi connectivity index (χ1n) is 7.53. The molecule has 0 aliphatic heterocycles. The van der Waals surface area contributed by atoms with E-state index in [-0.39, 0.29) is 5.91 Å². The van der Waals surface area contributed by atoms with Crippen molar-refractivity contribution in [1.82, 2.24) is 0 Å². The van der Waals surface area contributed by atoms with Crippen molar-refractivity contribution in [3.8, 4) is 11.1 Å². The summed E-state index contributed by atoms with van der Waals surface area (Å²) in [6.45, 7) is 1.92. The van der Waals surface area contributed by atoms with Crippen molar-refractivity contribution in [1.29, 1.82) is 0 Å². The van der Waals surface area contributed by atoms with Gasteiger partial charge in [0.2, 0.25) is 0 Å². The van der Waals surface area contributed by atoms with Crippen LogP contribution in [0.3, 0.4) is 0 Å². The van der Waals surface area contributed by atoms with E-state index in [1.54, 1.807) is 12.1 Å². The number of carbonyl (C=O) groups is 2. The Morgan fingerprint density at radius 1 is 1.04 bits per heavy atom. The number of benzene rings is 2. The van der Waals surface area contributed by atoms with Crippen LogP contribution in [-0.4, -0.2) is 11.8 Å². The van der Waals surface area contributed by atoms with Gasteiger partial charge in [0.15, 0.2) is 0 Å². The van der Waals surface area contributed by atoms with E-state index in [1.165, 1.54) is 11.3 Å². The predicted octanol–water partition coefficient (Wildman–Crippen LogP) is 4.68. The fourth-order valence-electron chi connectivity index (χ4n) is 2.60. The normalized spacial score (nSPS) is 10.5. The molecule has 3 aromatic rings. The molecule has 2 amide bonds. The van der Waals surface area contributed by atoms with Gasteiger partial charge in [0, 0.05) is 19.6 Å². The van der Waals surface area contributed by atoms with Crippen LogP contribution in [0.4, 0.5) is 5.00 Å². The van der Waals surface area contributed by atoms with E-state index in [1.807, 2.05) is 49.4 Å². The molecule has 25 heavy (non-hydrogen) atoms. The highest BCUT2D eigenvalue weighted by atomic mass is 127. The van der Waals surface area contributed by atoms with E-state index >= 15 is 0 Å². The summed E-state index contributed by atoms with van der Waals surface area (Å²) >= 11 is 3.54. The number of halogens is 1. The molecule has 0 bridgehead atoms. The van der Waals surface area contributed by atoms with Crippen molar-refractivity contribution in [3.05, 3.63) is 74.2 Å². The van der Waals surface area contributed by atoms with Crippen molar-refractivity contribution in [3.63, 3.8) is 0 Å². The molecule has 0 saturated heterocycles. The smallest absolute Gasteiger partial charge is 0.256 e. The Labute approximate surface area is 163 Å². The van der Waals surface area contributed by atoms with Crippen molar-refractivity contribution in [2.75, 3.05) is 5.32 Å². The number of thiophene rings is 1. The van der Waals surface area contributed by atoms with Gasteiger partial charge in [0.1, 0.15) is 5.00 Å². The minimum atomic E-state index is -0.555. The molecule has 0 aliphatic rings. The second-order valence-electron chi connectivity index (χ2n) is 5.43. The number of primary amides is 1. The van der Waals surface area contributed by atoms with Crippen LogP contribution in [0.15, 0.2) is 54.6 Å². The van der Waals surface area contributed by atoms with E-state index in [0.29, 0.717) is 16.1 Å². The first-order chi connectivity index (χ1) is 12.0. The SMILES string of the molecule is Cc1sc(NC(=O)c2ccc(I)cc2)c(C(N)=O)c1-c1ccccc1. The Bertz CT molecular complexity index is 934. The lowest BCUT2D eigenvalue weighted by molar-refractivity contribution is 0.100. The molecule has 0 atom stereocenters. The number of hydrogen-bond donors (Lipinski definition) is 2. The van der Waals surface area contributed by atoms with E-state index in [2.05, 4.69) is 27.9 Å². The number of hydrogen-bond acceptors (Lipinski definition) is 3. The Hall–Kier alpha value is -2.19. The van der Waals surface area contributed by atoms with E-state index in [0.717, 1.165) is 19.6 Å². The maximum Gasteiger partial charge on any atom is 0.256 e. The minimum absolute atomic E-state index is 0.264. The maximum atomic E-state index is 12.5. The summed E-state index contributed by atoms with van der Waals surface area (Å²) in [7, 11) is 0. The summed E-state index contributed by atoms with van der Waals surface area (Å²) in [5.74, 6) is -0.819. The minimum Gasteiger partial charge on any atom is -0.365 e. The van der Waals surface area contributed by atoms with Crippen LogP contribution in [0.2, 0.25) is 0 Å². The maximum absolute atomic E-state index is 12.5. The lowest BCUT2D eigenvalue weighted by Gasteiger charge is -2.07. The number of rotatable bonds is 4. The molecule has 0 fully saturated rings. The molecule has 1 heterocycles. The van der Waals surface area contributed by atoms with Crippen LogP contribution in [-0.2, 0) is 0 Å². The van der Waals surface area contributed by atoms with E-state index < -0.39 is 5.91 Å². The van der Waals surface area contributed by atoms with Crippen molar-refractivity contribution in [2.24, 2.45) is 5.73 Å². The summed E-state index contributed by atoms with van der Waals surface area (Å²) in [6, 6.07) is 16.8. The summed E-state index contributed by atoms with van der Waals surface area (Å²) in [5, 5.41) is 3.31. The zero-order valence-corrected chi connectivity index (χ0v) is 16.4. The molecule has 1 aromatic heterocycles. The third-order valence-electron chi connectivity index (χ3n) is 3.73. The molecule has 6 heteroatoms. The molecule has 4 nitrogen and oxygen atoms in total. The van der Waals surface area contributed by atoms with Gasteiger partial charge in [-0.2, -0.15) is 0 Å². The molecule has 0 saturated carbocycles. The summed E-state index contributed by atoms with van der Waals surface area (Å²) in [5.41, 5.74) is 8.18. The molecule has 0 unspecified atom stereocenters. The van der Waals surface area contributed by atoms with E-state index in [4.69, 9.17) is 5.73 Å².